The summed E-state index contributed by atoms with van der Waals surface area (Å²) in [5.41, 5.74) is 6.34. The molecule has 0 radical (unpaired) electrons. The number of hydrogen-bond donors (Lipinski definition) is 2. The first-order valence-corrected chi connectivity index (χ1v) is 24.9. The first kappa shape index (κ1) is 45.5. The number of thiazole rings is 1. The monoisotopic (exact) mass is 894 g/mol. The van der Waals surface area contributed by atoms with Gasteiger partial charge in [0.2, 0.25) is 0 Å². The van der Waals surface area contributed by atoms with Crippen LogP contribution in [0, 0.1) is 23.7 Å². The van der Waals surface area contributed by atoms with Crippen molar-refractivity contribution >= 4 is 32.6 Å². The van der Waals surface area contributed by atoms with Gasteiger partial charge in [0.1, 0.15) is 28.8 Å². The fourth-order valence-corrected chi connectivity index (χ4v) is 10.7. The Labute approximate surface area is 390 Å². The normalized spacial score (nSPS) is 21.6. The number of benzene rings is 4. The first-order valence-electron chi connectivity index (χ1n) is 24.1. The van der Waals surface area contributed by atoms with Gasteiger partial charge >= 0.3 is 0 Å². The van der Waals surface area contributed by atoms with Crippen LogP contribution in [0.25, 0.3) is 21.3 Å². The van der Waals surface area contributed by atoms with Gasteiger partial charge < -0.3 is 39.2 Å². The Bertz CT molecular complexity index is 2420. The van der Waals surface area contributed by atoms with E-state index in [4.69, 9.17) is 24.2 Å². The molecule has 11 heteroatoms. The highest BCUT2D eigenvalue weighted by Crippen LogP contribution is 2.37. The summed E-state index contributed by atoms with van der Waals surface area (Å²) in [6.07, 6.45) is 9.18. The van der Waals surface area contributed by atoms with Crippen molar-refractivity contribution < 1.29 is 14.2 Å². The number of imidazole rings is 1. The summed E-state index contributed by atoms with van der Waals surface area (Å²) in [5.74, 6) is 9.72. The summed E-state index contributed by atoms with van der Waals surface area (Å²) in [7, 11) is 6.57. The minimum atomic E-state index is -0.228. The standard InChI is InChI=1S/C27H32N4O.C27H35N3O2S/c1-31-16-13-23(14-17-31)32-26(27-29-24-9-2-3-10-25(24)30-27)22-8-4-6-20(18-22)11-12-21-7-5-15-28-19-21;1-29-15-12-22(13-16-29)32-26(27-28-24-10-3-4-11-25(24)33-27)21-8-5-9-23(17-21)31-19-20-7-6-14-30(2)18-20/h2-4,6,8-10,18,21,23,26,28H,5,7,13-17,19H2,1H3,(H,29,30);3-5,8-11,17,20,22,26H,6-7,12-16,18-19H2,1-2H3. The number of likely N-dealkylation sites (tertiary alicyclic amines) is 3. The van der Waals surface area contributed by atoms with Crippen LogP contribution >= 0.6 is 11.3 Å². The molecule has 6 heterocycles. The van der Waals surface area contributed by atoms with Gasteiger partial charge in [-0.25, -0.2) is 9.97 Å². The Balaban J connectivity index is 0.000000164. The van der Waals surface area contributed by atoms with Gasteiger partial charge in [0.05, 0.1) is 40.1 Å². The predicted octanol–water partition coefficient (Wildman–Crippen LogP) is 9.33. The summed E-state index contributed by atoms with van der Waals surface area (Å²) in [4.78, 5) is 20.5. The lowest BCUT2D eigenvalue weighted by molar-refractivity contribution is -0.0264. The Morgan fingerprint density at radius 3 is 2.12 bits per heavy atom. The fourth-order valence-electron chi connectivity index (χ4n) is 9.64. The van der Waals surface area contributed by atoms with Crippen LogP contribution in [0.3, 0.4) is 0 Å². The van der Waals surface area contributed by atoms with Crippen molar-refractivity contribution in [2.24, 2.45) is 11.8 Å². The molecule has 4 fully saturated rings. The zero-order chi connectivity index (χ0) is 44.4. The highest BCUT2D eigenvalue weighted by Gasteiger charge is 2.28. The molecule has 4 unspecified atom stereocenters. The number of nitrogens with one attached hydrogen (secondary N) is 2. The van der Waals surface area contributed by atoms with Crippen LogP contribution in [0.5, 0.6) is 5.75 Å². The van der Waals surface area contributed by atoms with Gasteiger partial charge in [-0.2, -0.15) is 0 Å². The quantitative estimate of drug-likeness (QED) is 0.124. The van der Waals surface area contributed by atoms with Crippen LogP contribution in [0.2, 0.25) is 0 Å². The molecule has 0 amide bonds. The molecule has 0 spiro atoms. The maximum absolute atomic E-state index is 6.76. The van der Waals surface area contributed by atoms with Crippen LogP contribution in [0.15, 0.2) is 97.1 Å². The van der Waals surface area contributed by atoms with E-state index >= 15 is 0 Å². The summed E-state index contributed by atoms with van der Waals surface area (Å²) in [6, 6.07) is 33.5. The summed E-state index contributed by atoms with van der Waals surface area (Å²) >= 11 is 1.74. The van der Waals surface area contributed by atoms with Crippen molar-refractivity contribution in [3.05, 3.63) is 125 Å². The lowest BCUT2D eigenvalue weighted by Crippen LogP contribution is -2.35. The number of nitrogens with zero attached hydrogens (tertiary/aromatic N) is 5. The first-order chi connectivity index (χ1) is 31.9. The molecule has 342 valence electrons. The minimum absolute atomic E-state index is 0.167. The maximum Gasteiger partial charge on any atom is 0.141 e. The molecule has 65 heavy (non-hydrogen) atoms. The fraction of sp³-hybridized carbons (Fsp3) is 0.481. The highest BCUT2D eigenvalue weighted by molar-refractivity contribution is 7.18. The lowest BCUT2D eigenvalue weighted by Gasteiger charge is -2.31. The molecule has 2 aromatic heterocycles. The van der Waals surface area contributed by atoms with E-state index in [-0.39, 0.29) is 24.4 Å². The second-order valence-corrected chi connectivity index (χ2v) is 19.9. The molecule has 4 aromatic carbocycles. The summed E-state index contributed by atoms with van der Waals surface area (Å²) in [5, 5.41) is 4.47. The van der Waals surface area contributed by atoms with Crippen LogP contribution in [0.1, 0.15) is 91.1 Å². The van der Waals surface area contributed by atoms with E-state index in [1.54, 1.807) is 11.3 Å². The van der Waals surface area contributed by atoms with E-state index in [9.17, 15) is 0 Å². The average Bonchev–Trinajstić information content (AvgIpc) is 3.98. The third-order valence-electron chi connectivity index (χ3n) is 13.5. The van der Waals surface area contributed by atoms with E-state index < -0.39 is 0 Å². The summed E-state index contributed by atoms with van der Waals surface area (Å²) in [6.45, 7) is 9.49. The number of hydrogen-bond acceptors (Lipinski definition) is 10. The smallest absolute Gasteiger partial charge is 0.141 e. The largest absolute Gasteiger partial charge is 0.493 e. The van der Waals surface area contributed by atoms with Crippen molar-refractivity contribution in [1.82, 2.24) is 35.0 Å². The number of fused-ring (bicyclic) bond motifs is 2. The minimum Gasteiger partial charge on any atom is -0.493 e. The second-order valence-electron chi connectivity index (χ2n) is 18.8. The SMILES string of the molecule is CN1CCC(OC(c2cccc(C#CC3CCCNC3)c2)c2nc3ccccc3[nH]2)CC1.CN1CCC(OC(c2cccc(OCC3CCCN(C)C3)c2)c2nc3ccccc3s2)CC1. The molecule has 2 N–H and O–H groups in total. The number of rotatable bonds is 11. The maximum atomic E-state index is 6.76. The molecule has 4 saturated heterocycles. The van der Waals surface area contributed by atoms with Gasteiger partial charge in [0.25, 0.3) is 0 Å². The molecule has 4 atom stereocenters. The van der Waals surface area contributed by atoms with Gasteiger partial charge in [0, 0.05) is 56.7 Å². The van der Waals surface area contributed by atoms with Gasteiger partial charge in [-0.05, 0) is 145 Å². The number of piperidine rings is 4. The number of H-pyrrole nitrogens is 1. The lowest BCUT2D eigenvalue weighted by atomic mass is 9.99. The zero-order valence-electron chi connectivity index (χ0n) is 38.6. The molecule has 6 aromatic rings. The van der Waals surface area contributed by atoms with Gasteiger partial charge in [-0.15, -0.1) is 11.3 Å². The number of aromatic nitrogens is 3. The second kappa shape index (κ2) is 22.2. The molecule has 0 bridgehead atoms. The number of aromatic amines is 1. The Kier molecular flexibility index (Phi) is 15.6. The van der Waals surface area contributed by atoms with Crippen molar-refractivity contribution in [3.8, 4) is 17.6 Å². The van der Waals surface area contributed by atoms with E-state index in [1.165, 1.54) is 36.9 Å². The molecule has 10 nitrogen and oxygen atoms in total. The predicted molar refractivity (Wildman–Crippen MR) is 264 cm³/mol. The third-order valence-corrected chi connectivity index (χ3v) is 14.5. The van der Waals surface area contributed by atoms with Gasteiger partial charge in [-0.1, -0.05) is 60.4 Å². The van der Waals surface area contributed by atoms with Crippen molar-refractivity contribution in [2.75, 3.05) is 80.1 Å². The van der Waals surface area contributed by atoms with Crippen molar-refractivity contribution in [2.45, 2.75) is 75.8 Å². The Morgan fingerprint density at radius 1 is 0.692 bits per heavy atom. The van der Waals surface area contributed by atoms with Gasteiger partial charge in [-0.3, -0.25) is 0 Å². The molecule has 0 saturated carbocycles. The van der Waals surface area contributed by atoms with E-state index in [1.807, 2.05) is 18.2 Å². The van der Waals surface area contributed by atoms with Crippen LogP contribution in [0.4, 0.5) is 0 Å². The molecular weight excluding hydrogens is 827 g/mol. The van der Waals surface area contributed by atoms with Gasteiger partial charge in [0.15, 0.2) is 0 Å². The molecule has 10 rings (SSSR count). The highest BCUT2D eigenvalue weighted by atomic mass is 32.1. The average molecular weight is 894 g/mol. The number of ether oxygens (including phenoxy) is 3. The molecule has 0 aliphatic carbocycles. The van der Waals surface area contributed by atoms with Crippen LogP contribution in [-0.2, 0) is 9.47 Å². The van der Waals surface area contributed by atoms with Crippen molar-refractivity contribution in [1.29, 1.82) is 0 Å². The molecule has 4 aliphatic heterocycles. The Morgan fingerprint density at radius 2 is 1.40 bits per heavy atom. The van der Waals surface area contributed by atoms with E-state index in [0.29, 0.717) is 11.8 Å². The summed E-state index contributed by atoms with van der Waals surface area (Å²) < 4.78 is 21.0. The van der Waals surface area contributed by atoms with E-state index in [2.05, 4.69) is 137 Å². The molecular formula is C54H67N7O3S. The van der Waals surface area contributed by atoms with Crippen LogP contribution < -0.4 is 10.1 Å². The number of para-hydroxylation sites is 3. The zero-order valence-corrected chi connectivity index (χ0v) is 39.4. The topological polar surface area (TPSA) is 91.0 Å². The Hall–Kier alpha value is -4.64. The van der Waals surface area contributed by atoms with Crippen LogP contribution in [-0.4, -0.2) is 122 Å². The third kappa shape index (κ3) is 12.4. The van der Waals surface area contributed by atoms with E-state index in [0.717, 1.165) is 128 Å². The van der Waals surface area contributed by atoms with Crippen molar-refractivity contribution in [3.63, 3.8) is 0 Å². The molecule has 4 aliphatic rings.